The van der Waals surface area contributed by atoms with Crippen LogP contribution in [0, 0.1) is 0 Å². The first-order chi connectivity index (χ1) is 16.2. The van der Waals surface area contributed by atoms with Gasteiger partial charge in [0.2, 0.25) is 11.8 Å². The molecule has 2 amide bonds. The Bertz CT molecular complexity index is 1600. The van der Waals surface area contributed by atoms with Crippen LogP contribution < -0.4 is 10.6 Å². The molecule has 3 aromatic rings. The molecule has 0 aromatic heterocycles. The van der Waals surface area contributed by atoms with Crippen molar-refractivity contribution in [3.05, 3.63) is 42.5 Å². The van der Waals surface area contributed by atoms with Gasteiger partial charge in [0, 0.05) is 24.9 Å². The SMILES string of the molecule is CC(=O)Nc1ccc(/N=N/c2c(S(=O)(=O)O)cc3cc(S(=O)(=O)O)cc(NC(C)=O)c3c2O)cc1. The van der Waals surface area contributed by atoms with E-state index in [9.17, 15) is 40.6 Å². The Kier molecular flexibility index (Phi) is 6.89. The predicted molar refractivity (Wildman–Crippen MR) is 124 cm³/mol. The summed E-state index contributed by atoms with van der Waals surface area (Å²) in [5.74, 6) is -1.82. The van der Waals surface area contributed by atoms with Crippen molar-refractivity contribution in [3.8, 4) is 5.75 Å². The number of rotatable bonds is 6. The van der Waals surface area contributed by atoms with E-state index in [1.54, 1.807) is 0 Å². The number of benzene rings is 3. The summed E-state index contributed by atoms with van der Waals surface area (Å²) in [6, 6.07) is 8.34. The van der Waals surface area contributed by atoms with Gasteiger partial charge in [-0.25, -0.2) is 0 Å². The van der Waals surface area contributed by atoms with Crippen LogP contribution in [0.1, 0.15) is 13.8 Å². The summed E-state index contributed by atoms with van der Waals surface area (Å²) < 4.78 is 66.4. The first-order valence-corrected chi connectivity index (χ1v) is 12.4. The van der Waals surface area contributed by atoms with Crippen LogP contribution in [-0.4, -0.2) is 42.9 Å². The van der Waals surface area contributed by atoms with Crippen LogP contribution in [0.2, 0.25) is 0 Å². The molecule has 0 fully saturated rings. The molecule has 3 aromatic carbocycles. The maximum Gasteiger partial charge on any atom is 0.296 e. The van der Waals surface area contributed by atoms with Gasteiger partial charge in [-0.3, -0.25) is 18.7 Å². The highest BCUT2D eigenvalue weighted by molar-refractivity contribution is 7.86. The van der Waals surface area contributed by atoms with E-state index in [1.165, 1.54) is 31.2 Å². The molecule has 184 valence electrons. The van der Waals surface area contributed by atoms with Gasteiger partial charge in [0.05, 0.1) is 16.3 Å². The fourth-order valence-electron chi connectivity index (χ4n) is 3.11. The number of hydrogen-bond acceptors (Lipinski definition) is 9. The zero-order valence-electron chi connectivity index (χ0n) is 18.0. The average molecular weight is 523 g/mol. The fourth-order valence-corrected chi connectivity index (χ4v) is 4.31. The number of nitrogens with one attached hydrogen (secondary N) is 2. The minimum atomic E-state index is -5.02. The third-order valence-corrected chi connectivity index (χ3v) is 6.16. The number of carbonyl (C=O) groups is 2. The van der Waals surface area contributed by atoms with Crippen molar-refractivity contribution in [1.82, 2.24) is 0 Å². The number of amides is 2. The lowest BCUT2D eigenvalue weighted by Crippen LogP contribution is -2.08. The van der Waals surface area contributed by atoms with Crippen molar-refractivity contribution in [1.29, 1.82) is 0 Å². The molecular formula is C20H18N4O9S2. The van der Waals surface area contributed by atoms with Crippen molar-refractivity contribution in [3.63, 3.8) is 0 Å². The Balaban J connectivity index is 2.27. The lowest BCUT2D eigenvalue weighted by atomic mass is 10.1. The van der Waals surface area contributed by atoms with Gasteiger partial charge in [0.25, 0.3) is 20.2 Å². The Labute approximate surface area is 199 Å². The van der Waals surface area contributed by atoms with E-state index >= 15 is 0 Å². The number of aromatic hydroxyl groups is 1. The fraction of sp³-hybridized carbons (Fsp3) is 0.100. The second-order valence-electron chi connectivity index (χ2n) is 7.20. The quantitative estimate of drug-likeness (QED) is 0.237. The van der Waals surface area contributed by atoms with Crippen molar-refractivity contribution in [2.24, 2.45) is 10.2 Å². The summed E-state index contributed by atoms with van der Waals surface area (Å²) in [6.45, 7) is 2.42. The normalized spacial score (nSPS) is 12.1. The number of carbonyl (C=O) groups excluding carboxylic acids is 2. The molecule has 0 aliphatic rings. The van der Waals surface area contributed by atoms with Crippen LogP contribution in [0.5, 0.6) is 5.75 Å². The number of fused-ring (bicyclic) bond motifs is 1. The number of phenolic OH excluding ortho intramolecular Hbond substituents is 1. The molecule has 0 atom stereocenters. The summed E-state index contributed by atoms with van der Waals surface area (Å²) in [4.78, 5) is 21.1. The Morgan fingerprint density at radius 3 is 1.94 bits per heavy atom. The first-order valence-electron chi connectivity index (χ1n) is 9.52. The highest BCUT2D eigenvalue weighted by Gasteiger charge is 2.25. The van der Waals surface area contributed by atoms with Gasteiger partial charge in [-0.2, -0.15) is 21.9 Å². The standard InChI is InChI=1S/C20H18N4O9S2/c1-10(25)21-13-3-5-14(6-4-13)23-24-19-17(35(31,32)33)8-12-7-15(34(28,29)30)9-16(22-11(2)26)18(12)20(19)27/h3-9,27H,1-2H3,(H,21,25)(H,22,26)(H,28,29,30)(H,31,32,33)/b24-23+. The van der Waals surface area contributed by atoms with Gasteiger partial charge >= 0.3 is 0 Å². The molecule has 5 N–H and O–H groups in total. The lowest BCUT2D eigenvalue weighted by Gasteiger charge is -2.14. The zero-order chi connectivity index (χ0) is 26.1. The van der Waals surface area contributed by atoms with Crippen LogP contribution >= 0.6 is 0 Å². The molecule has 0 bridgehead atoms. The number of azo groups is 1. The van der Waals surface area contributed by atoms with E-state index in [4.69, 9.17) is 0 Å². The Morgan fingerprint density at radius 2 is 1.43 bits per heavy atom. The smallest absolute Gasteiger partial charge is 0.296 e. The van der Waals surface area contributed by atoms with Gasteiger partial charge in [-0.1, -0.05) is 0 Å². The molecule has 0 radical (unpaired) electrons. The van der Waals surface area contributed by atoms with Crippen LogP contribution in [0.15, 0.2) is 62.5 Å². The summed E-state index contributed by atoms with van der Waals surface area (Å²) in [6.07, 6.45) is 0. The van der Waals surface area contributed by atoms with Crippen LogP contribution in [0.25, 0.3) is 10.8 Å². The largest absolute Gasteiger partial charge is 0.505 e. The lowest BCUT2D eigenvalue weighted by molar-refractivity contribution is -0.115. The highest BCUT2D eigenvalue weighted by atomic mass is 32.2. The number of nitrogens with zero attached hydrogens (tertiary/aromatic N) is 2. The molecule has 0 aliphatic heterocycles. The van der Waals surface area contributed by atoms with Gasteiger partial charge in [0.1, 0.15) is 10.6 Å². The van der Waals surface area contributed by atoms with Crippen molar-refractivity contribution in [2.75, 3.05) is 10.6 Å². The zero-order valence-corrected chi connectivity index (χ0v) is 19.7. The molecular weight excluding hydrogens is 504 g/mol. The van der Waals surface area contributed by atoms with Crippen molar-refractivity contribution < 1.29 is 40.6 Å². The molecule has 0 heterocycles. The van der Waals surface area contributed by atoms with E-state index < -0.39 is 47.4 Å². The van der Waals surface area contributed by atoms with Gasteiger partial charge < -0.3 is 15.7 Å². The number of phenols is 1. The number of hydrogen-bond donors (Lipinski definition) is 5. The maximum absolute atomic E-state index is 12.0. The summed E-state index contributed by atoms with van der Waals surface area (Å²) in [5.41, 5.74) is -0.336. The molecule has 0 aliphatic carbocycles. The van der Waals surface area contributed by atoms with Gasteiger partial charge in [-0.15, -0.1) is 5.11 Å². The second-order valence-corrected chi connectivity index (χ2v) is 10.0. The van der Waals surface area contributed by atoms with Crippen LogP contribution in [-0.2, 0) is 29.8 Å². The molecule has 0 saturated carbocycles. The highest BCUT2D eigenvalue weighted by Crippen LogP contribution is 2.45. The molecule has 35 heavy (non-hydrogen) atoms. The molecule has 0 unspecified atom stereocenters. The summed E-state index contributed by atoms with van der Waals surface area (Å²) >= 11 is 0. The van der Waals surface area contributed by atoms with E-state index in [0.29, 0.717) is 5.69 Å². The summed E-state index contributed by atoms with van der Waals surface area (Å²) in [7, 11) is -9.81. The minimum absolute atomic E-state index is 0.184. The molecule has 15 heteroatoms. The van der Waals surface area contributed by atoms with Gasteiger partial charge in [0.15, 0.2) is 5.75 Å². The van der Waals surface area contributed by atoms with E-state index in [2.05, 4.69) is 20.9 Å². The van der Waals surface area contributed by atoms with Crippen molar-refractivity contribution in [2.45, 2.75) is 23.6 Å². The average Bonchev–Trinajstić information content (AvgIpc) is 2.71. The number of anilines is 2. The van der Waals surface area contributed by atoms with Gasteiger partial charge in [-0.05, 0) is 47.9 Å². The topological polar surface area (TPSA) is 212 Å². The monoisotopic (exact) mass is 522 g/mol. The van der Waals surface area contributed by atoms with E-state index in [0.717, 1.165) is 25.1 Å². The van der Waals surface area contributed by atoms with Crippen LogP contribution in [0.3, 0.4) is 0 Å². The molecule has 3 rings (SSSR count). The third-order valence-electron chi connectivity index (χ3n) is 4.46. The Hall–Kier alpha value is -3.92. The molecule has 0 saturated heterocycles. The first kappa shape index (κ1) is 25.7. The molecule has 0 spiro atoms. The third kappa shape index (κ3) is 5.96. The predicted octanol–water partition coefficient (Wildman–Crippen LogP) is 3.37. The van der Waals surface area contributed by atoms with E-state index in [-0.39, 0.29) is 28.1 Å². The van der Waals surface area contributed by atoms with Crippen molar-refractivity contribution >= 4 is 65.6 Å². The second kappa shape index (κ2) is 9.38. The minimum Gasteiger partial charge on any atom is -0.505 e. The van der Waals surface area contributed by atoms with Crippen LogP contribution in [0.4, 0.5) is 22.7 Å². The summed E-state index contributed by atoms with van der Waals surface area (Å²) in [5, 5.41) is 22.8. The Morgan fingerprint density at radius 1 is 0.829 bits per heavy atom. The van der Waals surface area contributed by atoms with E-state index in [1.807, 2.05) is 0 Å². The molecule has 13 nitrogen and oxygen atoms in total. The maximum atomic E-state index is 12.0.